The standard InChI is InChI=1S/C20H25ClN2O3S/c1-4-19(20(24)22-14-15(2)16-9-6-5-7-10-16)23(27(3,25)26)18-12-8-11-17(21)13-18/h5-13,15,19H,4,14H2,1-3H3,(H,22,24)/t15-,19+/m1/s1. The molecule has 0 heterocycles. The van der Waals surface area contributed by atoms with Crippen molar-refractivity contribution in [3.05, 3.63) is 65.2 Å². The van der Waals surface area contributed by atoms with E-state index in [9.17, 15) is 13.2 Å². The monoisotopic (exact) mass is 408 g/mol. The minimum absolute atomic E-state index is 0.116. The quantitative estimate of drug-likeness (QED) is 0.722. The molecule has 2 atom stereocenters. The van der Waals surface area contributed by atoms with Gasteiger partial charge in [0.15, 0.2) is 0 Å². The van der Waals surface area contributed by atoms with Crippen LogP contribution in [0.1, 0.15) is 31.7 Å². The summed E-state index contributed by atoms with van der Waals surface area (Å²) in [6.07, 6.45) is 1.43. The molecule has 27 heavy (non-hydrogen) atoms. The first kappa shape index (κ1) is 21.3. The highest BCUT2D eigenvalue weighted by molar-refractivity contribution is 7.92. The van der Waals surface area contributed by atoms with Gasteiger partial charge in [-0.2, -0.15) is 0 Å². The van der Waals surface area contributed by atoms with E-state index in [1.165, 1.54) is 0 Å². The van der Waals surface area contributed by atoms with Gasteiger partial charge < -0.3 is 5.32 Å². The predicted octanol–water partition coefficient (Wildman–Crippen LogP) is 3.80. The van der Waals surface area contributed by atoms with Crippen LogP contribution in [0, 0.1) is 0 Å². The van der Waals surface area contributed by atoms with E-state index in [2.05, 4.69) is 5.32 Å². The van der Waals surface area contributed by atoms with Crippen molar-refractivity contribution >= 4 is 33.2 Å². The van der Waals surface area contributed by atoms with Crippen molar-refractivity contribution in [2.75, 3.05) is 17.1 Å². The van der Waals surface area contributed by atoms with Crippen molar-refractivity contribution in [1.29, 1.82) is 0 Å². The minimum Gasteiger partial charge on any atom is -0.354 e. The molecule has 0 fully saturated rings. The van der Waals surface area contributed by atoms with Crippen LogP contribution in [0.2, 0.25) is 5.02 Å². The average molecular weight is 409 g/mol. The maximum absolute atomic E-state index is 12.8. The smallest absolute Gasteiger partial charge is 0.243 e. The minimum atomic E-state index is -3.67. The third-order valence-corrected chi connectivity index (χ3v) is 5.76. The van der Waals surface area contributed by atoms with Gasteiger partial charge in [-0.1, -0.05) is 61.8 Å². The van der Waals surface area contributed by atoms with Crippen molar-refractivity contribution < 1.29 is 13.2 Å². The lowest BCUT2D eigenvalue weighted by Gasteiger charge is -2.30. The van der Waals surface area contributed by atoms with Crippen LogP contribution in [0.25, 0.3) is 0 Å². The first-order valence-corrected chi connectivity index (χ1v) is 11.0. The van der Waals surface area contributed by atoms with Gasteiger partial charge in [0.2, 0.25) is 15.9 Å². The number of carbonyl (C=O) groups excluding carboxylic acids is 1. The van der Waals surface area contributed by atoms with Crippen molar-refractivity contribution in [2.24, 2.45) is 0 Å². The van der Waals surface area contributed by atoms with Crippen molar-refractivity contribution in [3.8, 4) is 0 Å². The van der Waals surface area contributed by atoms with Crippen molar-refractivity contribution in [2.45, 2.75) is 32.2 Å². The molecule has 5 nitrogen and oxygen atoms in total. The molecule has 0 radical (unpaired) electrons. The van der Waals surface area contributed by atoms with Gasteiger partial charge in [0.05, 0.1) is 11.9 Å². The van der Waals surface area contributed by atoms with E-state index in [1.807, 2.05) is 37.3 Å². The molecule has 0 bridgehead atoms. The van der Waals surface area contributed by atoms with Crippen LogP contribution in [0.15, 0.2) is 54.6 Å². The maximum Gasteiger partial charge on any atom is 0.243 e. The van der Waals surface area contributed by atoms with E-state index in [0.29, 0.717) is 23.7 Å². The molecule has 7 heteroatoms. The number of amides is 1. The zero-order valence-electron chi connectivity index (χ0n) is 15.7. The first-order valence-electron chi connectivity index (χ1n) is 8.81. The number of nitrogens with zero attached hydrogens (tertiary/aromatic N) is 1. The Hall–Kier alpha value is -2.05. The Morgan fingerprint density at radius 3 is 2.37 bits per heavy atom. The van der Waals surface area contributed by atoms with Gasteiger partial charge in [-0.05, 0) is 36.1 Å². The number of rotatable bonds is 8. The Morgan fingerprint density at radius 1 is 1.15 bits per heavy atom. The fourth-order valence-corrected chi connectivity index (χ4v) is 4.33. The van der Waals surface area contributed by atoms with Gasteiger partial charge in [-0.3, -0.25) is 9.10 Å². The van der Waals surface area contributed by atoms with E-state index >= 15 is 0 Å². The average Bonchev–Trinajstić information content (AvgIpc) is 2.63. The molecule has 2 rings (SSSR count). The molecule has 1 N–H and O–H groups in total. The normalized spacial score (nSPS) is 13.6. The Balaban J connectivity index is 2.19. The number of benzene rings is 2. The molecule has 2 aromatic carbocycles. The third-order valence-electron chi connectivity index (χ3n) is 4.34. The summed E-state index contributed by atoms with van der Waals surface area (Å²) in [7, 11) is -3.67. The zero-order chi connectivity index (χ0) is 20.0. The van der Waals surface area contributed by atoms with Gasteiger partial charge in [-0.25, -0.2) is 8.42 Å². The van der Waals surface area contributed by atoms with Crippen LogP contribution in [0.5, 0.6) is 0 Å². The number of anilines is 1. The molecule has 1 amide bonds. The molecule has 0 aliphatic rings. The second-order valence-corrected chi connectivity index (χ2v) is 8.82. The summed E-state index contributed by atoms with van der Waals surface area (Å²) in [5.41, 5.74) is 1.49. The van der Waals surface area contributed by atoms with Gasteiger partial charge in [0.1, 0.15) is 6.04 Å². The number of carbonyl (C=O) groups is 1. The summed E-state index contributed by atoms with van der Waals surface area (Å²) >= 11 is 6.01. The lowest BCUT2D eigenvalue weighted by atomic mass is 10.0. The van der Waals surface area contributed by atoms with E-state index in [0.717, 1.165) is 16.1 Å². The lowest BCUT2D eigenvalue weighted by molar-refractivity contribution is -0.122. The summed E-state index contributed by atoms with van der Waals surface area (Å²) in [6, 6.07) is 15.5. The van der Waals surface area contributed by atoms with Crippen LogP contribution in [0.4, 0.5) is 5.69 Å². The van der Waals surface area contributed by atoms with Crippen LogP contribution in [0.3, 0.4) is 0 Å². The van der Waals surface area contributed by atoms with Crippen molar-refractivity contribution in [1.82, 2.24) is 5.32 Å². The number of hydrogen-bond donors (Lipinski definition) is 1. The molecule has 0 aliphatic heterocycles. The van der Waals surface area contributed by atoms with Crippen LogP contribution in [-0.2, 0) is 14.8 Å². The summed E-state index contributed by atoms with van der Waals surface area (Å²) in [5, 5.41) is 3.30. The molecule has 0 aliphatic carbocycles. The van der Waals surface area contributed by atoms with E-state index in [-0.39, 0.29) is 11.8 Å². The lowest BCUT2D eigenvalue weighted by Crippen LogP contribution is -2.49. The molecular weight excluding hydrogens is 384 g/mol. The van der Waals surface area contributed by atoms with Gasteiger partial charge in [0, 0.05) is 11.6 Å². The fraction of sp³-hybridized carbons (Fsp3) is 0.350. The van der Waals surface area contributed by atoms with Gasteiger partial charge >= 0.3 is 0 Å². The second-order valence-electron chi connectivity index (χ2n) is 6.52. The molecule has 0 aromatic heterocycles. The van der Waals surface area contributed by atoms with E-state index in [1.54, 1.807) is 31.2 Å². The third kappa shape index (κ3) is 5.71. The number of halogens is 1. The van der Waals surface area contributed by atoms with E-state index < -0.39 is 16.1 Å². The summed E-state index contributed by atoms with van der Waals surface area (Å²) < 4.78 is 26.0. The van der Waals surface area contributed by atoms with Crippen LogP contribution in [-0.4, -0.2) is 33.2 Å². The van der Waals surface area contributed by atoms with Crippen molar-refractivity contribution in [3.63, 3.8) is 0 Å². The molecule has 0 saturated heterocycles. The number of hydrogen-bond acceptors (Lipinski definition) is 3. The fourth-order valence-electron chi connectivity index (χ4n) is 2.94. The Kier molecular flexibility index (Phi) is 7.27. The highest BCUT2D eigenvalue weighted by Gasteiger charge is 2.31. The molecule has 2 aromatic rings. The van der Waals surface area contributed by atoms with E-state index in [4.69, 9.17) is 11.6 Å². The molecule has 0 saturated carbocycles. The number of nitrogens with one attached hydrogen (secondary N) is 1. The molecule has 0 unspecified atom stereocenters. The Bertz CT molecular complexity index is 872. The van der Waals surface area contributed by atoms with Crippen LogP contribution < -0.4 is 9.62 Å². The highest BCUT2D eigenvalue weighted by Crippen LogP contribution is 2.25. The summed E-state index contributed by atoms with van der Waals surface area (Å²) in [6.45, 7) is 4.22. The SMILES string of the molecule is CC[C@@H](C(=O)NC[C@@H](C)c1ccccc1)N(c1cccc(Cl)c1)S(C)(=O)=O. The molecular formula is C20H25ClN2O3S. The molecule has 0 spiro atoms. The Labute approximate surface area is 166 Å². The number of sulfonamides is 1. The maximum atomic E-state index is 12.8. The van der Waals surface area contributed by atoms with Crippen LogP contribution >= 0.6 is 11.6 Å². The van der Waals surface area contributed by atoms with Gasteiger partial charge in [-0.15, -0.1) is 0 Å². The summed E-state index contributed by atoms with van der Waals surface area (Å²) in [5.74, 6) is -0.212. The zero-order valence-corrected chi connectivity index (χ0v) is 17.3. The largest absolute Gasteiger partial charge is 0.354 e. The first-order chi connectivity index (χ1) is 12.7. The Morgan fingerprint density at radius 2 is 1.81 bits per heavy atom. The topological polar surface area (TPSA) is 66.5 Å². The highest BCUT2D eigenvalue weighted by atomic mass is 35.5. The predicted molar refractivity (Wildman–Crippen MR) is 111 cm³/mol. The van der Waals surface area contributed by atoms with Gasteiger partial charge in [0.25, 0.3) is 0 Å². The summed E-state index contributed by atoms with van der Waals surface area (Å²) in [4.78, 5) is 12.8. The molecule has 146 valence electrons. The second kappa shape index (κ2) is 9.24.